The molecule has 0 aromatic heterocycles. The van der Waals surface area contributed by atoms with Gasteiger partial charge in [0.05, 0.1) is 0 Å². The van der Waals surface area contributed by atoms with Crippen LogP contribution in [0.4, 0.5) is 0 Å². The Kier molecular flexibility index (Phi) is 2.02. The van der Waals surface area contributed by atoms with Crippen LogP contribution in [-0.2, 0) is 0 Å². The summed E-state index contributed by atoms with van der Waals surface area (Å²) >= 11 is 4.86. The SMILES string of the molecule is [O-]N1C(=S)NCC2=C1CCCC2. The highest BCUT2D eigenvalue weighted by molar-refractivity contribution is 7.80. The summed E-state index contributed by atoms with van der Waals surface area (Å²) in [5.74, 6) is 0. The highest BCUT2D eigenvalue weighted by Gasteiger charge is 2.19. The lowest BCUT2D eigenvalue weighted by Crippen LogP contribution is -2.42. The van der Waals surface area contributed by atoms with E-state index >= 15 is 0 Å². The Balaban J connectivity index is 2.27. The molecule has 1 heterocycles. The van der Waals surface area contributed by atoms with Crippen LogP contribution in [0.1, 0.15) is 25.7 Å². The zero-order valence-corrected chi connectivity index (χ0v) is 7.62. The summed E-state index contributed by atoms with van der Waals surface area (Å²) in [4.78, 5) is 0. The summed E-state index contributed by atoms with van der Waals surface area (Å²) in [7, 11) is 0. The van der Waals surface area contributed by atoms with Crippen LogP contribution in [0.5, 0.6) is 0 Å². The molecule has 0 amide bonds. The zero-order chi connectivity index (χ0) is 8.55. The Morgan fingerprint density at radius 3 is 2.92 bits per heavy atom. The van der Waals surface area contributed by atoms with E-state index in [4.69, 9.17) is 12.2 Å². The third-order valence-corrected chi connectivity index (χ3v) is 2.74. The molecule has 1 aliphatic heterocycles. The van der Waals surface area contributed by atoms with Crippen LogP contribution in [0, 0.1) is 5.21 Å². The second-order valence-corrected chi connectivity index (χ2v) is 3.60. The van der Waals surface area contributed by atoms with Crippen molar-refractivity contribution in [1.29, 1.82) is 0 Å². The first-order valence-corrected chi connectivity index (χ1v) is 4.66. The Hall–Kier alpha value is -0.610. The molecule has 4 heteroatoms. The smallest absolute Gasteiger partial charge is 0.162 e. The normalized spacial score (nSPS) is 23.8. The van der Waals surface area contributed by atoms with Crippen molar-refractivity contribution < 1.29 is 0 Å². The van der Waals surface area contributed by atoms with Crippen LogP contribution in [0.3, 0.4) is 0 Å². The van der Waals surface area contributed by atoms with Gasteiger partial charge in [-0.2, -0.15) is 0 Å². The third kappa shape index (κ3) is 1.21. The van der Waals surface area contributed by atoms with Crippen LogP contribution in [0.2, 0.25) is 0 Å². The van der Waals surface area contributed by atoms with Crippen molar-refractivity contribution in [2.24, 2.45) is 0 Å². The molecular formula is C8H11N2OS-. The molecular weight excluding hydrogens is 172 g/mol. The third-order valence-electron chi connectivity index (χ3n) is 2.43. The number of hydrogen-bond acceptors (Lipinski definition) is 2. The zero-order valence-electron chi connectivity index (χ0n) is 6.80. The van der Waals surface area contributed by atoms with Crippen LogP contribution >= 0.6 is 12.2 Å². The van der Waals surface area contributed by atoms with Crippen LogP contribution in [0.15, 0.2) is 11.3 Å². The number of hydroxylamine groups is 2. The van der Waals surface area contributed by atoms with Gasteiger partial charge in [-0.05, 0) is 43.5 Å². The summed E-state index contributed by atoms with van der Waals surface area (Å²) in [6.07, 6.45) is 4.30. The fourth-order valence-electron chi connectivity index (χ4n) is 1.76. The first-order valence-electron chi connectivity index (χ1n) is 4.25. The average molecular weight is 183 g/mol. The van der Waals surface area contributed by atoms with Gasteiger partial charge in [-0.25, -0.2) is 0 Å². The van der Waals surface area contributed by atoms with E-state index in [1.165, 1.54) is 12.0 Å². The molecule has 0 aromatic carbocycles. The average Bonchev–Trinajstić information content (AvgIpc) is 2.12. The van der Waals surface area contributed by atoms with Gasteiger partial charge in [0.15, 0.2) is 5.11 Å². The van der Waals surface area contributed by atoms with Crippen molar-refractivity contribution in [3.05, 3.63) is 16.5 Å². The van der Waals surface area contributed by atoms with Crippen molar-refractivity contribution in [1.82, 2.24) is 10.4 Å². The molecule has 1 N–H and O–H groups in total. The Labute approximate surface area is 77.0 Å². The molecule has 0 aromatic rings. The number of rotatable bonds is 0. The summed E-state index contributed by atoms with van der Waals surface area (Å²) in [6, 6.07) is 0. The van der Waals surface area contributed by atoms with Gasteiger partial charge < -0.3 is 15.6 Å². The Bertz CT molecular complexity index is 249. The fraction of sp³-hybridized carbons (Fsp3) is 0.625. The Morgan fingerprint density at radius 2 is 2.08 bits per heavy atom. The van der Waals surface area contributed by atoms with Crippen LogP contribution in [0.25, 0.3) is 0 Å². The van der Waals surface area contributed by atoms with Crippen LogP contribution < -0.4 is 5.32 Å². The number of hydrogen-bond donors (Lipinski definition) is 1. The predicted molar refractivity (Wildman–Crippen MR) is 51.3 cm³/mol. The maximum atomic E-state index is 11.4. The molecule has 0 bridgehead atoms. The number of allylic oxidation sites excluding steroid dienone is 1. The van der Waals surface area contributed by atoms with Crippen molar-refractivity contribution in [3.63, 3.8) is 0 Å². The molecule has 0 atom stereocenters. The van der Waals surface area contributed by atoms with Crippen LogP contribution in [-0.4, -0.2) is 16.7 Å². The lowest BCUT2D eigenvalue weighted by atomic mass is 9.95. The summed E-state index contributed by atoms with van der Waals surface area (Å²) in [5, 5.41) is 15.5. The number of nitrogens with zero attached hydrogens (tertiary/aromatic N) is 1. The van der Waals surface area contributed by atoms with E-state index < -0.39 is 0 Å². The standard InChI is InChI=1S/C8H11N2OS/c11-10-7-4-2-1-3-6(7)5-9-8(10)12/h1-5H2,(H,9,12)/q-1. The van der Waals surface area contributed by atoms with E-state index in [1.807, 2.05) is 0 Å². The minimum Gasteiger partial charge on any atom is -0.752 e. The van der Waals surface area contributed by atoms with E-state index in [0.717, 1.165) is 36.6 Å². The number of nitrogens with one attached hydrogen (secondary N) is 1. The van der Waals surface area contributed by atoms with Gasteiger partial charge in [0.2, 0.25) is 0 Å². The van der Waals surface area contributed by atoms with Gasteiger partial charge in [0.25, 0.3) is 0 Å². The molecule has 66 valence electrons. The largest absolute Gasteiger partial charge is 0.752 e. The minimum atomic E-state index is 0.329. The number of thiocarbonyl (C=S) groups is 1. The molecule has 12 heavy (non-hydrogen) atoms. The second-order valence-electron chi connectivity index (χ2n) is 3.21. The highest BCUT2D eigenvalue weighted by Crippen LogP contribution is 2.28. The Morgan fingerprint density at radius 1 is 1.33 bits per heavy atom. The maximum absolute atomic E-state index is 11.4. The molecule has 0 unspecified atom stereocenters. The van der Waals surface area contributed by atoms with E-state index in [2.05, 4.69) is 5.32 Å². The van der Waals surface area contributed by atoms with Crippen molar-refractivity contribution in [3.8, 4) is 0 Å². The maximum Gasteiger partial charge on any atom is 0.162 e. The summed E-state index contributed by atoms with van der Waals surface area (Å²) in [5.41, 5.74) is 2.18. The van der Waals surface area contributed by atoms with E-state index in [-0.39, 0.29) is 0 Å². The van der Waals surface area contributed by atoms with Crippen molar-refractivity contribution in [2.45, 2.75) is 25.7 Å². The molecule has 0 spiro atoms. The molecule has 3 nitrogen and oxygen atoms in total. The lowest BCUT2D eigenvalue weighted by Gasteiger charge is -2.41. The molecule has 0 fully saturated rings. The first-order chi connectivity index (χ1) is 5.79. The summed E-state index contributed by atoms with van der Waals surface area (Å²) in [6.45, 7) is 0.785. The molecule has 1 aliphatic carbocycles. The monoisotopic (exact) mass is 183 g/mol. The quantitative estimate of drug-likeness (QED) is 0.578. The minimum absolute atomic E-state index is 0.329. The van der Waals surface area contributed by atoms with E-state index in [9.17, 15) is 5.21 Å². The van der Waals surface area contributed by atoms with Gasteiger partial charge in [-0.3, -0.25) is 0 Å². The molecule has 0 saturated heterocycles. The lowest BCUT2D eigenvalue weighted by molar-refractivity contribution is 0.516. The predicted octanol–water partition coefficient (Wildman–Crippen LogP) is 1.50. The van der Waals surface area contributed by atoms with Gasteiger partial charge >= 0.3 is 0 Å². The van der Waals surface area contributed by atoms with Crippen molar-refractivity contribution >= 4 is 17.3 Å². The van der Waals surface area contributed by atoms with Gasteiger partial charge in [0.1, 0.15) is 0 Å². The first kappa shape index (κ1) is 8.01. The van der Waals surface area contributed by atoms with Crippen molar-refractivity contribution in [2.75, 3.05) is 6.54 Å². The van der Waals surface area contributed by atoms with Gasteiger partial charge in [0, 0.05) is 12.2 Å². The second kappa shape index (κ2) is 3.03. The molecule has 2 aliphatic rings. The summed E-state index contributed by atoms with van der Waals surface area (Å²) < 4.78 is 0. The topological polar surface area (TPSA) is 38.3 Å². The van der Waals surface area contributed by atoms with Gasteiger partial charge in [-0.15, -0.1) is 0 Å². The molecule has 0 radical (unpaired) electrons. The van der Waals surface area contributed by atoms with E-state index in [0.29, 0.717) is 5.11 Å². The fourth-order valence-corrected chi connectivity index (χ4v) is 1.95. The van der Waals surface area contributed by atoms with Gasteiger partial charge in [-0.1, -0.05) is 0 Å². The molecule has 0 saturated carbocycles. The highest BCUT2D eigenvalue weighted by atomic mass is 32.1. The van der Waals surface area contributed by atoms with E-state index in [1.54, 1.807) is 0 Å². The molecule has 2 rings (SSSR count).